The van der Waals surface area contributed by atoms with Crippen molar-refractivity contribution in [3.8, 4) is 0 Å². The number of aryl methyl sites for hydroxylation is 1. The van der Waals surface area contributed by atoms with Crippen LogP contribution in [0.3, 0.4) is 0 Å². The maximum atomic E-state index is 2.62. The van der Waals surface area contributed by atoms with Crippen LogP contribution in [0.2, 0.25) is 0 Å². The number of hydrogen-bond donors (Lipinski definition) is 0. The van der Waals surface area contributed by atoms with E-state index in [1.54, 1.807) is 0 Å². The molecule has 0 atom stereocenters. The Morgan fingerprint density at radius 2 is 1.39 bits per heavy atom. The van der Waals surface area contributed by atoms with Gasteiger partial charge in [0.25, 0.3) is 0 Å². The number of anilines is 1. The quantitative estimate of drug-likeness (QED) is 0.818. The maximum absolute atomic E-state index is 2.62. The van der Waals surface area contributed by atoms with Crippen LogP contribution >= 0.6 is 0 Å². The Labute approximate surface area is 141 Å². The van der Waals surface area contributed by atoms with Crippen molar-refractivity contribution in [1.82, 2.24) is 14.7 Å². The van der Waals surface area contributed by atoms with E-state index in [1.807, 2.05) is 0 Å². The number of likely N-dealkylation sites (N-methyl/N-ethyl adjacent to an activating group) is 2. The largest absolute Gasteiger partial charge is 0.369 e. The van der Waals surface area contributed by atoms with Crippen LogP contribution in [0, 0.1) is 0 Å². The summed E-state index contributed by atoms with van der Waals surface area (Å²) < 4.78 is 0. The molecular weight excluding hydrogens is 284 g/mol. The summed E-state index contributed by atoms with van der Waals surface area (Å²) in [6, 6.07) is 9.04. The molecule has 2 fully saturated rings. The van der Waals surface area contributed by atoms with Gasteiger partial charge in [0.1, 0.15) is 0 Å². The van der Waals surface area contributed by atoms with Gasteiger partial charge in [0.2, 0.25) is 0 Å². The lowest BCUT2D eigenvalue weighted by molar-refractivity contribution is 0.153. The van der Waals surface area contributed by atoms with Crippen LogP contribution in [-0.4, -0.2) is 87.7 Å². The zero-order chi connectivity index (χ0) is 16.1. The predicted molar refractivity (Wildman–Crippen MR) is 98.4 cm³/mol. The first-order chi connectivity index (χ1) is 11.2. The third-order valence-electron chi connectivity index (χ3n) is 5.35. The molecular formula is C19H32N4. The molecule has 0 unspecified atom stereocenters. The number of piperazine rings is 2. The molecule has 4 nitrogen and oxygen atoms in total. The summed E-state index contributed by atoms with van der Waals surface area (Å²) >= 11 is 0. The van der Waals surface area contributed by atoms with E-state index in [4.69, 9.17) is 0 Å². The summed E-state index contributed by atoms with van der Waals surface area (Å²) in [4.78, 5) is 10.1. The first-order valence-corrected chi connectivity index (χ1v) is 9.14. The first kappa shape index (κ1) is 16.7. The number of hydrogen-bond acceptors (Lipinski definition) is 4. The van der Waals surface area contributed by atoms with Crippen LogP contribution in [0.1, 0.15) is 12.0 Å². The van der Waals surface area contributed by atoms with Crippen molar-refractivity contribution >= 4 is 5.69 Å². The molecule has 1 aromatic rings. The molecule has 128 valence electrons. The first-order valence-electron chi connectivity index (χ1n) is 9.14. The van der Waals surface area contributed by atoms with Crippen LogP contribution in [0.5, 0.6) is 0 Å². The fourth-order valence-corrected chi connectivity index (χ4v) is 3.64. The van der Waals surface area contributed by atoms with Gasteiger partial charge in [0, 0.05) is 58.0 Å². The van der Waals surface area contributed by atoms with Crippen LogP contribution in [-0.2, 0) is 6.42 Å². The number of benzene rings is 1. The second kappa shape index (κ2) is 8.13. The predicted octanol–water partition coefficient (Wildman–Crippen LogP) is 1.62. The van der Waals surface area contributed by atoms with Crippen molar-refractivity contribution in [3.63, 3.8) is 0 Å². The highest BCUT2D eigenvalue weighted by molar-refractivity contribution is 5.54. The Morgan fingerprint density at radius 3 is 2.09 bits per heavy atom. The molecule has 0 radical (unpaired) electrons. The lowest BCUT2D eigenvalue weighted by atomic mass is 10.1. The minimum absolute atomic E-state index is 1.16. The zero-order valence-corrected chi connectivity index (χ0v) is 14.9. The summed E-state index contributed by atoms with van der Waals surface area (Å²) in [5.41, 5.74) is 3.00. The Balaban J connectivity index is 1.51. The second-order valence-corrected chi connectivity index (χ2v) is 7.17. The van der Waals surface area contributed by atoms with Gasteiger partial charge in [0.15, 0.2) is 0 Å². The fourth-order valence-electron chi connectivity index (χ4n) is 3.64. The van der Waals surface area contributed by atoms with E-state index in [9.17, 15) is 0 Å². The lowest BCUT2D eigenvalue weighted by Crippen LogP contribution is -2.45. The van der Waals surface area contributed by atoms with Crippen molar-refractivity contribution in [3.05, 3.63) is 29.8 Å². The summed E-state index contributed by atoms with van der Waals surface area (Å²) in [6.07, 6.45) is 2.48. The van der Waals surface area contributed by atoms with Gasteiger partial charge in [-0.25, -0.2) is 0 Å². The molecule has 4 heteroatoms. The maximum Gasteiger partial charge on any atom is 0.0399 e. The van der Waals surface area contributed by atoms with Crippen LogP contribution in [0.15, 0.2) is 24.3 Å². The molecule has 0 aromatic heterocycles. The smallest absolute Gasteiger partial charge is 0.0399 e. The average Bonchev–Trinajstić information content (AvgIpc) is 2.58. The van der Waals surface area contributed by atoms with Gasteiger partial charge in [-0.15, -0.1) is 0 Å². The Kier molecular flexibility index (Phi) is 5.92. The normalized spacial score (nSPS) is 21.7. The van der Waals surface area contributed by atoms with Crippen LogP contribution < -0.4 is 4.90 Å². The fraction of sp³-hybridized carbons (Fsp3) is 0.684. The van der Waals surface area contributed by atoms with Crippen molar-refractivity contribution in [2.24, 2.45) is 0 Å². The molecule has 2 saturated heterocycles. The molecule has 2 aliphatic rings. The summed E-state index contributed by atoms with van der Waals surface area (Å²) in [6.45, 7) is 10.8. The third kappa shape index (κ3) is 4.69. The average molecular weight is 316 g/mol. The summed E-state index contributed by atoms with van der Waals surface area (Å²) in [5, 5.41) is 0. The van der Waals surface area contributed by atoms with E-state index < -0.39 is 0 Å². The second-order valence-electron chi connectivity index (χ2n) is 7.17. The highest BCUT2D eigenvalue weighted by Gasteiger charge is 2.17. The van der Waals surface area contributed by atoms with Crippen molar-refractivity contribution in [2.75, 3.05) is 77.9 Å². The lowest BCUT2D eigenvalue weighted by Gasteiger charge is -2.35. The molecule has 23 heavy (non-hydrogen) atoms. The summed E-state index contributed by atoms with van der Waals surface area (Å²) in [5.74, 6) is 0. The third-order valence-corrected chi connectivity index (χ3v) is 5.35. The Bertz CT molecular complexity index is 474. The van der Waals surface area contributed by atoms with E-state index in [1.165, 1.54) is 69.9 Å². The van der Waals surface area contributed by atoms with Gasteiger partial charge in [-0.1, -0.05) is 18.2 Å². The number of nitrogens with zero attached hydrogens (tertiary/aromatic N) is 4. The highest BCUT2D eigenvalue weighted by Crippen LogP contribution is 2.23. The summed E-state index contributed by atoms with van der Waals surface area (Å²) in [7, 11) is 4.45. The molecule has 1 aromatic carbocycles. The Morgan fingerprint density at radius 1 is 0.783 bits per heavy atom. The molecule has 0 amide bonds. The van der Waals surface area contributed by atoms with Gasteiger partial charge in [-0.05, 0) is 45.1 Å². The van der Waals surface area contributed by atoms with Crippen LogP contribution in [0.4, 0.5) is 5.69 Å². The zero-order valence-electron chi connectivity index (χ0n) is 14.9. The van der Waals surface area contributed by atoms with Crippen molar-refractivity contribution in [2.45, 2.75) is 12.8 Å². The van der Waals surface area contributed by atoms with Gasteiger partial charge in [-0.3, -0.25) is 0 Å². The minimum Gasteiger partial charge on any atom is -0.369 e. The van der Waals surface area contributed by atoms with Gasteiger partial charge in [0.05, 0.1) is 0 Å². The van der Waals surface area contributed by atoms with E-state index in [-0.39, 0.29) is 0 Å². The molecule has 0 N–H and O–H groups in total. The van der Waals surface area contributed by atoms with Gasteiger partial charge < -0.3 is 19.6 Å². The minimum atomic E-state index is 1.16. The molecule has 0 aliphatic carbocycles. The van der Waals surface area contributed by atoms with E-state index >= 15 is 0 Å². The Hall–Kier alpha value is -1.10. The molecule has 0 saturated carbocycles. The van der Waals surface area contributed by atoms with Crippen molar-refractivity contribution in [1.29, 1.82) is 0 Å². The highest BCUT2D eigenvalue weighted by atomic mass is 15.3. The molecule has 2 heterocycles. The topological polar surface area (TPSA) is 13.0 Å². The molecule has 3 rings (SSSR count). The number of para-hydroxylation sites is 1. The molecule has 0 bridgehead atoms. The standard InChI is InChI=1S/C19H32N4/c1-20-10-14-22(15-11-20)9-5-7-18-6-3-4-8-19(18)23-16-12-21(2)13-17-23/h3-4,6,8H,5,7,9-17H2,1-2H3. The van der Waals surface area contributed by atoms with Crippen LogP contribution in [0.25, 0.3) is 0 Å². The monoisotopic (exact) mass is 316 g/mol. The SMILES string of the molecule is CN1CCN(CCCc2ccccc2N2CCN(C)CC2)CC1. The van der Waals surface area contributed by atoms with E-state index in [0.29, 0.717) is 0 Å². The van der Waals surface area contributed by atoms with E-state index in [0.717, 1.165) is 13.1 Å². The van der Waals surface area contributed by atoms with Gasteiger partial charge >= 0.3 is 0 Å². The molecule has 2 aliphatic heterocycles. The van der Waals surface area contributed by atoms with Crippen molar-refractivity contribution < 1.29 is 0 Å². The van der Waals surface area contributed by atoms with Gasteiger partial charge in [-0.2, -0.15) is 0 Å². The number of rotatable bonds is 5. The van der Waals surface area contributed by atoms with E-state index in [2.05, 4.69) is 58.0 Å². The molecule has 0 spiro atoms.